The lowest BCUT2D eigenvalue weighted by atomic mass is 10.0. The molecule has 1 rings (SSSR count). The number of nitrogens with zero attached hydrogens (tertiary/aromatic N) is 2. The van der Waals surface area contributed by atoms with Crippen molar-refractivity contribution in [1.82, 2.24) is 4.90 Å². The number of carbonyl (C=O) groups is 2. The van der Waals surface area contributed by atoms with Crippen molar-refractivity contribution in [2.45, 2.75) is 58.8 Å². The molecule has 146 valence electrons. The molecule has 2 atom stereocenters. The Hall–Kier alpha value is -2.27. The first-order chi connectivity index (χ1) is 11.9. The molecule has 0 aromatic rings. The zero-order valence-corrected chi connectivity index (χ0v) is 16.4. The van der Waals surface area contributed by atoms with Gasteiger partial charge in [-0.05, 0) is 41.5 Å². The summed E-state index contributed by atoms with van der Waals surface area (Å²) >= 11 is 0. The molecule has 0 aliphatic carbocycles. The van der Waals surface area contributed by atoms with Crippen LogP contribution in [0, 0.1) is 18.3 Å². The van der Waals surface area contributed by atoms with E-state index in [1.165, 1.54) is 4.90 Å². The maximum absolute atomic E-state index is 12.6. The van der Waals surface area contributed by atoms with Crippen molar-refractivity contribution in [3.63, 3.8) is 0 Å². The molecule has 2 N–H and O–H groups in total. The Kier molecular flexibility index (Phi) is 7.04. The summed E-state index contributed by atoms with van der Waals surface area (Å²) in [5, 5.41) is 3.97. The monoisotopic (exact) mass is 367 g/mol. The number of hydrogen-bond donors (Lipinski definition) is 1. The minimum Gasteiger partial charge on any atom is -0.459 e. The third-order valence-electron chi connectivity index (χ3n) is 3.31. The molecular weight excluding hydrogens is 338 g/mol. The molecular formula is C18H29N3O5. The molecule has 0 spiro atoms. The van der Waals surface area contributed by atoms with Gasteiger partial charge in [-0.25, -0.2) is 4.79 Å². The van der Waals surface area contributed by atoms with Crippen LogP contribution in [0.4, 0.5) is 4.79 Å². The van der Waals surface area contributed by atoms with Crippen LogP contribution >= 0.6 is 0 Å². The van der Waals surface area contributed by atoms with Gasteiger partial charge in [0.05, 0.1) is 11.8 Å². The molecule has 1 aliphatic heterocycles. The highest BCUT2D eigenvalue weighted by Crippen LogP contribution is 2.26. The number of rotatable bonds is 4. The number of carbonyl (C=O) groups excluding carboxylic acids is 2. The van der Waals surface area contributed by atoms with Gasteiger partial charge in [-0.2, -0.15) is 0 Å². The SMILES string of the molecule is C#CCON=C1C(C(=O)OC(C)(C)C)CN(C(=O)OC(C)(C)C)C1CN. The Morgan fingerprint density at radius 1 is 1.23 bits per heavy atom. The fraction of sp³-hybridized carbons (Fsp3) is 0.722. The van der Waals surface area contributed by atoms with Crippen molar-refractivity contribution in [2.24, 2.45) is 16.8 Å². The molecule has 0 aromatic carbocycles. The number of oxime groups is 1. The van der Waals surface area contributed by atoms with Gasteiger partial charge in [-0.15, -0.1) is 6.42 Å². The van der Waals surface area contributed by atoms with Gasteiger partial charge in [-0.3, -0.25) is 9.69 Å². The highest BCUT2D eigenvalue weighted by molar-refractivity contribution is 6.08. The molecule has 1 aliphatic rings. The van der Waals surface area contributed by atoms with Crippen molar-refractivity contribution in [1.29, 1.82) is 0 Å². The second-order valence-corrected chi connectivity index (χ2v) is 7.96. The molecule has 0 radical (unpaired) electrons. The highest BCUT2D eigenvalue weighted by atomic mass is 16.6. The summed E-state index contributed by atoms with van der Waals surface area (Å²) in [7, 11) is 0. The first-order valence-electron chi connectivity index (χ1n) is 8.45. The quantitative estimate of drug-likeness (QED) is 0.350. The van der Waals surface area contributed by atoms with Gasteiger partial charge in [0.25, 0.3) is 0 Å². The second kappa shape index (κ2) is 8.41. The van der Waals surface area contributed by atoms with Gasteiger partial charge in [0.1, 0.15) is 17.1 Å². The van der Waals surface area contributed by atoms with Crippen LogP contribution in [0.5, 0.6) is 0 Å². The lowest BCUT2D eigenvalue weighted by molar-refractivity contribution is -0.157. The van der Waals surface area contributed by atoms with E-state index in [2.05, 4.69) is 11.1 Å². The molecule has 1 saturated heterocycles. The topological polar surface area (TPSA) is 103 Å². The van der Waals surface area contributed by atoms with Gasteiger partial charge < -0.3 is 20.0 Å². The normalized spacial score (nSPS) is 22.1. The predicted molar refractivity (Wildman–Crippen MR) is 97.3 cm³/mol. The second-order valence-electron chi connectivity index (χ2n) is 7.96. The van der Waals surface area contributed by atoms with Crippen LogP contribution in [0.2, 0.25) is 0 Å². The van der Waals surface area contributed by atoms with E-state index >= 15 is 0 Å². The van der Waals surface area contributed by atoms with Gasteiger partial charge in [-0.1, -0.05) is 11.1 Å². The van der Waals surface area contributed by atoms with Gasteiger partial charge >= 0.3 is 12.1 Å². The van der Waals surface area contributed by atoms with Crippen LogP contribution in [0.3, 0.4) is 0 Å². The van der Waals surface area contributed by atoms with Crippen LogP contribution in [0.25, 0.3) is 0 Å². The Morgan fingerprint density at radius 3 is 2.27 bits per heavy atom. The predicted octanol–water partition coefficient (Wildman–Crippen LogP) is 1.53. The van der Waals surface area contributed by atoms with Gasteiger partial charge in [0.2, 0.25) is 0 Å². The zero-order chi connectivity index (χ0) is 20.1. The van der Waals surface area contributed by atoms with E-state index in [4.69, 9.17) is 26.5 Å². The Morgan fingerprint density at radius 2 is 1.81 bits per heavy atom. The van der Waals surface area contributed by atoms with Crippen molar-refractivity contribution in [2.75, 3.05) is 19.7 Å². The maximum atomic E-state index is 12.6. The number of amides is 1. The minimum absolute atomic E-state index is 0.0456. The van der Waals surface area contributed by atoms with Crippen molar-refractivity contribution in [3.8, 4) is 12.3 Å². The highest BCUT2D eigenvalue weighted by Gasteiger charge is 2.47. The number of hydrogen-bond acceptors (Lipinski definition) is 7. The van der Waals surface area contributed by atoms with Crippen molar-refractivity contribution in [3.05, 3.63) is 0 Å². The van der Waals surface area contributed by atoms with Crippen LogP contribution in [0.15, 0.2) is 5.16 Å². The van der Waals surface area contributed by atoms with Crippen molar-refractivity contribution >= 4 is 17.8 Å². The third kappa shape index (κ3) is 6.23. The summed E-state index contributed by atoms with van der Waals surface area (Å²) in [6.45, 7) is 10.6. The average Bonchev–Trinajstić information content (AvgIpc) is 2.83. The number of likely N-dealkylation sites (tertiary alicyclic amines) is 1. The first-order valence-corrected chi connectivity index (χ1v) is 8.45. The maximum Gasteiger partial charge on any atom is 0.410 e. The van der Waals surface area contributed by atoms with E-state index in [0.29, 0.717) is 5.71 Å². The van der Waals surface area contributed by atoms with E-state index in [9.17, 15) is 9.59 Å². The molecule has 26 heavy (non-hydrogen) atoms. The molecule has 2 unspecified atom stereocenters. The molecule has 1 fully saturated rings. The first kappa shape index (κ1) is 21.8. The number of terminal acetylenes is 1. The van der Waals surface area contributed by atoms with Crippen molar-refractivity contribution < 1.29 is 23.9 Å². The number of ether oxygens (including phenoxy) is 2. The lowest BCUT2D eigenvalue weighted by Crippen LogP contribution is -2.45. The third-order valence-corrected chi connectivity index (χ3v) is 3.31. The molecule has 0 aromatic heterocycles. The van der Waals surface area contributed by atoms with Crippen LogP contribution in [-0.4, -0.2) is 59.6 Å². The van der Waals surface area contributed by atoms with Gasteiger partial charge in [0.15, 0.2) is 6.61 Å². The van der Waals surface area contributed by atoms with Crippen LogP contribution < -0.4 is 5.73 Å². The van der Waals surface area contributed by atoms with E-state index < -0.39 is 35.2 Å². The van der Waals surface area contributed by atoms with E-state index in [1.54, 1.807) is 41.5 Å². The van der Waals surface area contributed by atoms with Crippen LogP contribution in [-0.2, 0) is 19.1 Å². The Bertz CT molecular complexity index is 595. The molecule has 8 heteroatoms. The summed E-state index contributed by atoms with van der Waals surface area (Å²) < 4.78 is 10.9. The largest absolute Gasteiger partial charge is 0.459 e. The summed E-state index contributed by atoms with van der Waals surface area (Å²) in [5.41, 5.74) is 4.78. The fourth-order valence-electron chi connectivity index (χ4n) is 2.42. The number of nitrogens with two attached hydrogens (primary N) is 1. The molecule has 8 nitrogen and oxygen atoms in total. The fourth-order valence-corrected chi connectivity index (χ4v) is 2.42. The summed E-state index contributed by atoms with van der Waals surface area (Å²) in [4.78, 5) is 31.5. The molecule has 1 heterocycles. The average molecular weight is 367 g/mol. The molecule has 1 amide bonds. The standard InChI is InChI=1S/C18H29N3O5/c1-8-9-24-20-14-12(15(22)25-17(2,3)4)11-21(13(14)10-19)16(23)26-18(5,6)7/h1,12-13H,9-11,19H2,2-7H3. The molecule has 0 saturated carbocycles. The van der Waals surface area contributed by atoms with E-state index in [1.807, 2.05) is 0 Å². The smallest absolute Gasteiger partial charge is 0.410 e. The summed E-state index contributed by atoms with van der Waals surface area (Å²) in [5.74, 6) is 0.983. The number of esters is 1. The van der Waals surface area contributed by atoms with Crippen LogP contribution in [0.1, 0.15) is 41.5 Å². The van der Waals surface area contributed by atoms with Gasteiger partial charge in [0, 0.05) is 13.1 Å². The minimum atomic E-state index is -0.798. The Labute approximate surface area is 155 Å². The lowest BCUT2D eigenvalue weighted by Gasteiger charge is -2.27. The Balaban J connectivity index is 3.13. The zero-order valence-electron chi connectivity index (χ0n) is 16.4. The van der Waals surface area contributed by atoms with E-state index in [0.717, 1.165) is 0 Å². The van der Waals surface area contributed by atoms with E-state index in [-0.39, 0.29) is 19.7 Å². The summed E-state index contributed by atoms with van der Waals surface area (Å²) in [6.07, 6.45) is 4.58. The summed E-state index contributed by atoms with van der Waals surface area (Å²) in [6, 6.07) is -0.639. The molecule has 0 bridgehead atoms.